The summed E-state index contributed by atoms with van der Waals surface area (Å²) in [4.78, 5) is 7.22. The van der Waals surface area contributed by atoms with Gasteiger partial charge in [0, 0.05) is 36.0 Å². The number of aryl methyl sites for hydroxylation is 2. The number of rotatable bonds is 4. The number of fused-ring (bicyclic) bond motifs is 1. The Balaban J connectivity index is 1.83. The van der Waals surface area contributed by atoms with Crippen molar-refractivity contribution in [3.05, 3.63) is 35.5 Å². The molecule has 1 aliphatic heterocycles. The molecule has 0 atom stereocenters. The van der Waals surface area contributed by atoms with E-state index in [0.717, 1.165) is 53.0 Å². The van der Waals surface area contributed by atoms with Crippen LogP contribution >= 0.6 is 0 Å². The maximum atomic E-state index is 5.48. The zero-order valence-corrected chi connectivity index (χ0v) is 17.3. The number of nitrogens with zero attached hydrogens (tertiary/aromatic N) is 4. The SMILES string of the molecule is COc1ccc(-c2nn3c(N4CCC(C)CC4)cc(C)nc3c2C)cc1OC. The molecule has 3 aromatic rings. The van der Waals surface area contributed by atoms with Gasteiger partial charge in [0.1, 0.15) is 5.82 Å². The second-order valence-electron chi connectivity index (χ2n) is 7.70. The maximum Gasteiger partial charge on any atom is 0.161 e. The Labute approximate surface area is 166 Å². The van der Waals surface area contributed by atoms with Crippen molar-refractivity contribution in [2.45, 2.75) is 33.6 Å². The highest BCUT2D eigenvalue weighted by Gasteiger charge is 2.22. The number of methoxy groups -OCH3 is 2. The zero-order valence-electron chi connectivity index (χ0n) is 17.3. The second-order valence-corrected chi connectivity index (χ2v) is 7.70. The number of piperidine rings is 1. The lowest BCUT2D eigenvalue weighted by Gasteiger charge is -2.32. The molecule has 6 heteroatoms. The third-order valence-electron chi connectivity index (χ3n) is 5.69. The Hall–Kier alpha value is -2.76. The summed E-state index contributed by atoms with van der Waals surface area (Å²) in [6.45, 7) is 8.59. The van der Waals surface area contributed by atoms with E-state index in [1.807, 2.05) is 22.7 Å². The van der Waals surface area contributed by atoms with Crippen molar-refractivity contribution in [3.8, 4) is 22.8 Å². The highest BCUT2D eigenvalue weighted by molar-refractivity contribution is 5.73. The highest BCUT2D eigenvalue weighted by atomic mass is 16.5. The first kappa shape index (κ1) is 18.6. The summed E-state index contributed by atoms with van der Waals surface area (Å²) in [5.74, 6) is 3.33. The van der Waals surface area contributed by atoms with Gasteiger partial charge in [0.15, 0.2) is 17.1 Å². The van der Waals surface area contributed by atoms with Gasteiger partial charge in [0.2, 0.25) is 0 Å². The molecule has 0 unspecified atom stereocenters. The van der Waals surface area contributed by atoms with E-state index in [1.54, 1.807) is 14.2 Å². The van der Waals surface area contributed by atoms with Crippen LogP contribution in [0.5, 0.6) is 11.5 Å². The molecule has 6 nitrogen and oxygen atoms in total. The fraction of sp³-hybridized carbons (Fsp3) is 0.455. The first-order valence-corrected chi connectivity index (χ1v) is 9.86. The zero-order chi connectivity index (χ0) is 19.8. The lowest BCUT2D eigenvalue weighted by atomic mass is 9.99. The number of aromatic nitrogens is 3. The molecule has 148 valence electrons. The van der Waals surface area contributed by atoms with Crippen LogP contribution < -0.4 is 14.4 Å². The summed E-state index contributed by atoms with van der Waals surface area (Å²) in [7, 11) is 3.30. The van der Waals surface area contributed by atoms with Crippen molar-refractivity contribution < 1.29 is 9.47 Å². The Bertz CT molecular complexity index is 1000. The first-order chi connectivity index (χ1) is 13.5. The van der Waals surface area contributed by atoms with Crippen molar-refractivity contribution in [3.63, 3.8) is 0 Å². The van der Waals surface area contributed by atoms with Crippen LogP contribution in [0.4, 0.5) is 5.82 Å². The van der Waals surface area contributed by atoms with E-state index < -0.39 is 0 Å². The van der Waals surface area contributed by atoms with E-state index >= 15 is 0 Å². The molecule has 0 bridgehead atoms. The smallest absolute Gasteiger partial charge is 0.161 e. The summed E-state index contributed by atoms with van der Waals surface area (Å²) in [5.41, 5.74) is 4.92. The lowest BCUT2D eigenvalue weighted by molar-refractivity contribution is 0.355. The van der Waals surface area contributed by atoms with Crippen LogP contribution in [0.3, 0.4) is 0 Å². The average Bonchev–Trinajstić information content (AvgIpc) is 3.04. The third-order valence-corrected chi connectivity index (χ3v) is 5.69. The summed E-state index contributed by atoms with van der Waals surface area (Å²) < 4.78 is 12.9. The van der Waals surface area contributed by atoms with Gasteiger partial charge in [-0.25, -0.2) is 4.98 Å². The largest absolute Gasteiger partial charge is 0.493 e. The monoisotopic (exact) mass is 380 g/mol. The van der Waals surface area contributed by atoms with E-state index in [9.17, 15) is 0 Å². The Morgan fingerprint density at radius 1 is 1.00 bits per heavy atom. The molecule has 3 heterocycles. The first-order valence-electron chi connectivity index (χ1n) is 9.86. The van der Waals surface area contributed by atoms with Crippen molar-refractivity contribution in [2.75, 3.05) is 32.2 Å². The molecule has 1 fully saturated rings. The Morgan fingerprint density at radius 3 is 2.39 bits per heavy atom. The molecule has 1 aromatic carbocycles. The number of hydrogen-bond acceptors (Lipinski definition) is 5. The van der Waals surface area contributed by atoms with E-state index in [4.69, 9.17) is 19.6 Å². The number of hydrogen-bond donors (Lipinski definition) is 0. The van der Waals surface area contributed by atoms with Crippen molar-refractivity contribution in [1.82, 2.24) is 14.6 Å². The van der Waals surface area contributed by atoms with Gasteiger partial charge in [-0.3, -0.25) is 0 Å². The van der Waals surface area contributed by atoms with Gasteiger partial charge in [0.05, 0.1) is 19.9 Å². The third kappa shape index (κ3) is 3.17. The van der Waals surface area contributed by atoms with Crippen LogP contribution in [-0.2, 0) is 0 Å². The molecule has 0 amide bonds. The van der Waals surface area contributed by atoms with E-state index in [-0.39, 0.29) is 0 Å². The van der Waals surface area contributed by atoms with Gasteiger partial charge in [-0.1, -0.05) is 6.92 Å². The van der Waals surface area contributed by atoms with E-state index in [1.165, 1.54) is 12.8 Å². The van der Waals surface area contributed by atoms with Crippen LogP contribution in [0.15, 0.2) is 24.3 Å². The predicted molar refractivity (Wildman–Crippen MR) is 112 cm³/mol. The van der Waals surface area contributed by atoms with Crippen LogP contribution in [0.25, 0.3) is 16.9 Å². The van der Waals surface area contributed by atoms with Crippen molar-refractivity contribution >= 4 is 11.5 Å². The average molecular weight is 380 g/mol. The van der Waals surface area contributed by atoms with Crippen molar-refractivity contribution in [1.29, 1.82) is 0 Å². The predicted octanol–water partition coefficient (Wildman–Crippen LogP) is 4.27. The van der Waals surface area contributed by atoms with Crippen LogP contribution in [0.2, 0.25) is 0 Å². The van der Waals surface area contributed by atoms with E-state index in [2.05, 4.69) is 31.7 Å². The molecule has 0 aliphatic carbocycles. The molecule has 2 aromatic heterocycles. The fourth-order valence-electron chi connectivity index (χ4n) is 3.95. The van der Waals surface area contributed by atoms with Crippen molar-refractivity contribution in [2.24, 2.45) is 5.92 Å². The minimum absolute atomic E-state index is 0.700. The lowest BCUT2D eigenvalue weighted by Crippen LogP contribution is -2.34. The highest BCUT2D eigenvalue weighted by Crippen LogP contribution is 2.35. The number of ether oxygens (including phenoxy) is 2. The number of benzene rings is 1. The quantitative estimate of drug-likeness (QED) is 0.677. The van der Waals surface area contributed by atoms with E-state index in [0.29, 0.717) is 11.5 Å². The van der Waals surface area contributed by atoms with Gasteiger partial charge in [-0.05, 0) is 50.8 Å². The number of anilines is 1. The van der Waals surface area contributed by atoms with Gasteiger partial charge in [-0.15, -0.1) is 0 Å². The van der Waals surface area contributed by atoms with Gasteiger partial charge in [-0.2, -0.15) is 9.61 Å². The molecule has 1 aliphatic rings. The molecule has 28 heavy (non-hydrogen) atoms. The van der Waals surface area contributed by atoms with Crippen LogP contribution in [0, 0.1) is 19.8 Å². The molecule has 1 saturated heterocycles. The molecule has 0 radical (unpaired) electrons. The Kier molecular flexibility index (Phi) is 4.87. The second kappa shape index (κ2) is 7.34. The van der Waals surface area contributed by atoms with Gasteiger partial charge < -0.3 is 14.4 Å². The van der Waals surface area contributed by atoms with Crippen LogP contribution in [-0.4, -0.2) is 41.9 Å². The van der Waals surface area contributed by atoms with Gasteiger partial charge in [0.25, 0.3) is 0 Å². The fourth-order valence-corrected chi connectivity index (χ4v) is 3.95. The molecular weight excluding hydrogens is 352 g/mol. The minimum Gasteiger partial charge on any atom is -0.493 e. The summed E-state index contributed by atoms with van der Waals surface area (Å²) in [5, 5.41) is 4.96. The molecule has 0 N–H and O–H groups in total. The molecular formula is C22H28N4O2. The standard InChI is InChI=1S/C22H28N4O2/c1-14-8-10-25(11-9-14)20-12-15(2)23-22-16(3)21(24-26(20)22)17-6-7-18(27-4)19(13-17)28-5/h6-7,12-14H,8-11H2,1-5H3. The summed E-state index contributed by atoms with van der Waals surface area (Å²) in [6.07, 6.45) is 2.43. The summed E-state index contributed by atoms with van der Waals surface area (Å²) >= 11 is 0. The normalized spacial score (nSPS) is 15.2. The van der Waals surface area contributed by atoms with Gasteiger partial charge >= 0.3 is 0 Å². The Morgan fingerprint density at radius 2 is 1.71 bits per heavy atom. The molecule has 4 rings (SSSR count). The van der Waals surface area contributed by atoms with Crippen LogP contribution in [0.1, 0.15) is 31.0 Å². The molecule has 0 spiro atoms. The minimum atomic E-state index is 0.700. The maximum absolute atomic E-state index is 5.48. The molecule has 0 saturated carbocycles. The topological polar surface area (TPSA) is 51.9 Å². The summed E-state index contributed by atoms with van der Waals surface area (Å²) in [6, 6.07) is 8.06.